The summed E-state index contributed by atoms with van der Waals surface area (Å²) in [6.07, 6.45) is 1.96. The summed E-state index contributed by atoms with van der Waals surface area (Å²) in [4.78, 5) is 11.1. The van der Waals surface area contributed by atoms with Gasteiger partial charge >= 0.3 is 5.97 Å². The second-order valence-electron chi connectivity index (χ2n) is 2.91. The van der Waals surface area contributed by atoms with E-state index >= 15 is 0 Å². The number of alkyl halides is 1. The molecule has 0 bridgehead atoms. The lowest BCUT2D eigenvalue weighted by Gasteiger charge is -2.09. The average molecular weight is 223 g/mol. The van der Waals surface area contributed by atoms with Crippen molar-refractivity contribution in [2.24, 2.45) is 5.92 Å². The van der Waals surface area contributed by atoms with Crippen LogP contribution in [0.25, 0.3) is 0 Å². The molecule has 0 aromatic carbocycles. The lowest BCUT2D eigenvalue weighted by atomic mass is 10.0. The quantitative estimate of drug-likeness (QED) is 0.503. The Morgan fingerprint density at radius 3 is 2.64 bits per heavy atom. The highest BCUT2D eigenvalue weighted by Crippen LogP contribution is 2.27. The molecule has 0 radical (unpaired) electrons. The molecule has 1 aliphatic rings. The van der Waals surface area contributed by atoms with E-state index in [-0.39, 0.29) is 6.42 Å². The molecule has 0 aliphatic heterocycles. The first kappa shape index (κ1) is 11.2. The summed E-state index contributed by atoms with van der Waals surface area (Å²) in [5.41, 5.74) is 0. The van der Waals surface area contributed by atoms with E-state index in [1.54, 1.807) is 0 Å². The van der Waals surface area contributed by atoms with Gasteiger partial charge in [0.2, 0.25) is 0 Å². The number of esters is 1. The molecular formula is C9H9ClF2O2. The fraction of sp³-hybridized carbons (Fsp3) is 0.444. The van der Waals surface area contributed by atoms with E-state index in [0.29, 0.717) is 0 Å². The summed E-state index contributed by atoms with van der Waals surface area (Å²) >= 11 is 5.65. The summed E-state index contributed by atoms with van der Waals surface area (Å²) in [5.74, 6) is -3.54. The zero-order valence-electron chi connectivity index (χ0n) is 7.47. The van der Waals surface area contributed by atoms with Crippen LogP contribution in [0, 0.1) is 5.92 Å². The van der Waals surface area contributed by atoms with Crippen molar-refractivity contribution >= 4 is 17.6 Å². The van der Waals surface area contributed by atoms with E-state index in [1.165, 1.54) is 7.11 Å². The Balaban J connectivity index is 2.88. The van der Waals surface area contributed by atoms with Gasteiger partial charge in [-0.25, -0.2) is 8.78 Å². The normalized spacial score (nSPS) is 27.4. The van der Waals surface area contributed by atoms with Gasteiger partial charge in [0.15, 0.2) is 11.7 Å². The van der Waals surface area contributed by atoms with Gasteiger partial charge in [0.25, 0.3) is 0 Å². The molecule has 2 unspecified atom stereocenters. The third kappa shape index (κ3) is 2.54. The zero-order valence-corrected chi connectivity index (χ0v) is 8.22. The standard InChI is InChI=1S/C9H9ClF2O2/c1-14-9(13)5-2-6(10)4-8(12)7(11)3-5/h3-6H,2H2,1H3. The predicted octanol–water partition coefficient (Wildman–Crippen LogP) is 2.49. The van der Waals surface area contributed by atoms with Crippen LogP contribution in [0.5, 0.6) is 0 Å². The minimum Gasteiger partial charge on any atom is -0.469 e. The second-order valence-corrected chi connectivity index (χ2v) is 3.47. The largest absolute Gasteiger partial charge is 0.469 e. The minimum atomic E-state index is -1.07. The van der Waals surface area contributed by atoms with Crippen LogP contribution in [-0.4, -0.2) is 18.5 Å². The van der Waals surface area contributed by atoms with Crippen LogP contribution in [0.1, 0.15) is 6.42 Å². The Kier molecular flexibility index (Phi) is 3.63. The Labute approximate surface area is 85.2 Å². The molecule has 1 aliphatic carbocycles. The van der Waals surface area contributed by atoms with Gasteiger partial charge < -0.3 is 4.74 Å². The molecule has 0 aromatic rings. The van der Waals surface area contributed by atoms with Crippen LogP contribution in [0.4, 0.5) is 8.78 Å². The lowest BCUT2D eigenvalue weighted by Crippen LogP contribution is -2.16. The molecular weight excluding hydrogens is 214 g/mol. The van der Waals surface area contributed by atoms with Gasteiger partial charge in [0, 0.05) is 0 Å². The third-order valence-corrected chi connectivity index (χ3v) is 2.19. The molecule has 2 atom stereocenters. The Morgan fingerprint density at radius 1 is 1.50 bits per heavy atom. The number of hydrogen-bond acceptors (Lipinski definition) is 2. The molecule has 0 fully saturated rings. The van der Waals surface area contributed by atoms with Crippen molar-refractivity contribution in [3.8, 4) is 0 Å². The lowest BCUT2D eigenvalue weighted by molar-refractivity contribution is -0.143. The number of allylic oxidation sites excluding steroid dienone is 3. The van der Waals surface area contributed by atoms with Gasteiger partial charge in [-0.15, -0.1) is 11.6 Å². The summed E-state index contributed by atoms with van der Waals surface area (Å²) < 4.78 is 30.1. The van der Waals surface area contributed by atoms with E-state index in [4.69, 9.17) is 11.6 Å². The van der Waals surface area contributed by atoms with Gasteiger partial charge in [0.1, 0.15) is 0 Å². The SMILES string of the molecule is COC(=O)C1C=C(F)C(F)=CC(Cl)C1. The van der Waals surface area contributed by atoms with Crippen molar-refractivity contribution < 1.29 is 18.3 Å². The van der Waals surface area contributed by atoms with Gasteiger partial charge in [-0.05, 0) is 18.6 Å². The number of carbonyl (C=O) groups excluding carboxylic acids is 1. The smallest absolute Gasteiger partial charge is 0.312 e. The molecule has 2 nitrogen and oxygen atoms in total. The fourth-order valence-corrected chi connectivity index (χ4v) is 1.49. The fourth-order valence-electron chi connectivity index (χ4n) is 1.19. The van der Waals surface area contributed by atoms with Crippen LogP contribution in [0.3, 0.4) is 0 Å². The first-order chi connectivity index (χ1) is 6.54. The van der Waals surface area contributed by atoms with Crippen LogP contribution in [-0.2, 0) is 9.53 Å². The Morgan fingerprint density at radius 2 is 2.07 bits per heavy atom. The monoisotopic (exact) mass is 222 g/mol. The number of rotatable bonds is 1. The molecule has 0 saturated heterocycles. The molecule has 1 rings (SSSR count). The van der Waals surface area contributed by atoms with E-state index in [9.17, 15) is 13.6 Å². The molecule has 78 valence electrons. The summed E-state index contributed by atoms with van der Waals surface area (Å²) in [5, 5.41) is -0.705. The molecule has 0 spiro atoms. The van der Waals surface area contributed by atoms with Gasteiger partial charge in [0.05, 0.1) is 18.4 Å². The van der Waals surface area contributed by atoms with Crippen LogP contribution in [0.2, 0.25) is 0 Å². The topological polar surface area (TPSA) is 26.3 Å². The van der Waals surface area contributed by atoms with Crippen LogP contribution in [0.15, 0.2) is 23.8 Å². The van der Waals surface area contributed by atoms with E-state index in [2.05, 4.69) is 4.74 Å². The Bertz CT molecular complexity index is 299. The molecule has 0 aromatic heterocycles. The van der Waals surface area contributed by atoms with Gasteiger partial charge in [-0.1, -0.05) is 0 Å². The highest BCUT2D eigenvalue weighted by atomic mass is 35.5. The average Bonchev–Trinajstić information content (AvgIpc) is 2.25. The van der Waals surface area contributed by atoms with Crippen LogP contribution < -0.4 is 0 Å². The summed E-state index contributed by atoms with van der Waals surface area (Å²) in [7, 11) is 1.19. The van der Waals surface area contributed by atoms with Crippen molar-refractivity contribution in [2.45, 2.75) is 11.8 Å². The maximum atomic E-state index is 12.9. The van der Waals surface area contributed by atoms with E-state index < -0.39 is 28.9 Å². The second kappa shape index (κ2) is 4.55. The Hall–Kier alpha value is -0.900. The van der Waals surface area contributed by atoms with Crippen molar-refractivity contribution in [3.05, 3.63) is 23.8 Å². The molecule has 5 heteroatoms. The number of halogens is 3. The van der Waals surface area contributed by atoms with Crippen molar-refractivity contribution in [2.75, 3.05) is 7.11 Å². The van der Waals surface area contributed by atoms with Crippen molar-refractivity contribution in [3.63, 3.8) is 0 Å². The maximum absolute atomic E-state index is 12.9. The van der Waals surface area contributed by atoms with Crippen LogP contribution >= 0.6 is 11.6 Å². The van der Waals surface area contributed by atoms with Gasteiger partial charge in [-0.3, -0.25) is 4.79 Å². The molecule has 0 amide bonds. The molecule has 0 heterocycles. The zero-order chi connectivity index (χ0) is 10.7. The number of carbonyl (C=O) groups is 1. The predicted molar refractivity (Wildman–Crippen MR) is 48.1 cm³/mol. The molecule has 0 N–H and O–H groups in total. The van der Waals surface area contributed by atoms with Crippen molar-refractivity contribution in [1.29, 1.82) is 0 Å². The number of ether oxygens (including phenoxy) is 1. The number of methoxy groups -OCH3 is 1. The third-order valence-electron chi connectivity index (χ3n) is 1.89. The highest BCUT2D eigenvalue weighted by molar-refractivity contribution is 6.22. The summed E-state index contributed by atoms with van der Waals surface area (Å²) in [6, 6.07) is 0. The first-order valence-corrected chi connectivity index (χ1v) is 4.45. The van der Waals surface area contributed by atoms with E-state index in [0.717, 1.165) is 12.2 Å². The first-order valence-electron chi connectivity index (χ1n) is 4.01. The maximum Gasteiger partial charge on any atom is 0.312 e. The minimum absolute atomic E-state index is 0.134. The number of hydrogen-bond donors (Lipinski definition) is 0. The highest BCUT2D eigenvalue weighted by Gasteiger charge is 2.25. The molecule has 14 heavy (non-hydrogen) atoms. The van der Waals surface area contributed by atoms with E-state index in [1.807, 2.05) is 0 Å². The van der Waals surface area contributed by atoms with Gasteiger partial charge in [-0.2, -0.15) is 0 Å². The summed E-state index contributed by atoms with van der Waals surface area (Å²) in [6.45, 7) is 0. The van der Waals surface area contributed by atoms with Crippen molar-refractivity contribution in [1.82, 2.24) is 0 Å². The molecule has 0 saturated carbocycles.